The lowest BCUT2D eigenvalue weighted by molar-refractivity contribution is 0.397. The Morgan fingerprint density at radius 2 is 1.95 bits per heavy atom. The van der Waals surface area contributed by atoms with E-state index < -0.39 is 5.69 Å². The Kier molecular flexibility index (Phi) is 3.53. The summed E-state index contributed by atoms with van der Waals surface area (Å²) in [6, 6.07) is 7.43. The van der Waals surface area contributed by atoms with Crippen molar-refractivity contribution in [1.29, 1.82) is 0 Å². The van der Waals surface area contributed by atoms with Crippen LogP contribution in [0.25, 0.3) is 11.3 Å². The van der Waals surface area contributed by atoms with Crippen molar-refractivity contribution in [3.8, 4) is 17.0 Å². The fraction of sp³-hybridized carbons (Fsp3) is 0.333. The summed E-state index contributed by atoms with van der Waals surface area (Å²) in [7, 11) is 1.65. The number of nitrogens with two attached hydrogens (primary N) is 1. The van der Waals surface area contributed by atoms with E-state index in [9.17, 15) is 4.79 Å². The van der Waals surface area contributed by atoms with Crippen LogP contribution in [-0.4, -0.2) is 17.1 Å². The van der Waals surface area contributed by atoms with E-state index in [1.807, 2.05) is 18.2 Å². The van der Waals surface area contributed by atoms with E-state index in [1.165, 1.54) is 0 Å². The number of nitrogens with zero attached hydrogens (tertiary/aromatic N) is 1. The minimum atomic E-state index is -0.451. The zero-order chi connectivity index (χ0) is 14.9. The van der Waals surface area contributed by atoms with E-state index in [1.54, 1.807) is 13.2 Å². The van der Waals surface area contributed by atoms with E-state index in [0.717, 1.165) is 16.9 Å². The van der Waals surface area contributed by atoms with Gasteiger partial charge in [-0.25, -0.2) is 4.79 Å². The van der Waals surface area contributed by atoms with Gasteiger partial charge in [-0.2, -0.15) is 4.98 Å². The van der Waals surface area contributed by atoms with Gasteiger partial charge in [-0.15, -0.1) is 0 Å². The molecule has 2 rings (SSSR count). The second-order valence-corrected chi connectivity index (χ2v) is 5.69. The highest BCUT2D eigenvalue weighted by molar-refractivity contribution is 5.64. The third-order valence-corrected chi connectivity index (χ3v) is 3.08. The second kappa shape index (κ2) is 5.00. The van der Waals surface area contributed by atoms with E-state index in [-0.39, 0.29) is 11.2 Å². The first-order valence-corrected chi connectivity index (χ1v) is 6.37. The van der Waals surface area contributed by atoms with Crippen molar-refractivity contribution in [1.82, 2.24) is 9.97 Å². The predicted molar refractivity (Wildman–Crippen MR) is 80.0 cm³/mol. The molecule has 0 amide bonds. The standard InChI is InChI=1S/C15H19N3O2/c1-15(2,3)10-7-9(5-6-12(10)20-4)11-8-13(16)18-14(19)17-11/h5-8H,1-4H3,(H3,16,17,18,19). The molecule has 0 saturated heterocycles. The monoisotopic (exact) mass is 273 g/mol. The number of nitrogen functional groups attached to an aromatic ring is 1. The Hall–Kier alpha value is -2.30. The number of H-pyrrole nitrogens is 1. The van der Waals surface area contributed by atoms with Crippen LogP contribution in [0.15, 0.2) is 29.1 Å². The lowest BCUT2D eigenvalue weighted by atomic mass is 9.85. The zero-order valence-corrected chi connectivity index (χ0v) is 12.2. The van der Waals surface area contributed by atoms with Gasteiger partial charge in [0.2, 0.25) is 0 Å². The average Bonchev–Trinajstić information content (AvgIpc) is 2.35. The van der Waals surface area contributed by atoms with Crippen molar-refractivity contribution in [2.75, 3.05) is 12.8 Å². The van der Waals surface area contributed by atoms with Crippen LogP contribution in [0.4, 0.5) is 5.82 Å². The van der Waals surface area contributed by atoms with Crippen LogP contribution in [0, 0.1) is 0 Å². The Balaban J connectivity index is 2.61. The highest BCUT2D eigenvalue weighted by atomic mass is 16.5. The maximum atomic E-state index is 11.4. The summed E-state index contributed by atoms with van der Waals surface area (Å²) in [5.41, 5.74) is 7.69. The molecule has 2 aromatic rings. The van der Waals surface area contributed by atoms with Crippen molar-refractivity contribution < 1.29 is 4.74 Å². The number of anilines is 1. The molecule has 1 heterocycles. The van der Waals surface area contributed by atoms with Crippen LogP contribution in [-0.2, 0) is 5.41 Å². The normalized spacial score (nSPS) is 11.4. The first kappa shape index (κ1) is 14.1. The van der Waals surface area contributed by atoms with E-state index >= 15 is 0 Å². The SMILES string of the molecule is COc1ccc(-c2cc(N)nc(=O)[nH]2)cc1C(C)(C)C. The number of hydrogen-bond donors (Lipinski definition) is 2. The van der Waals surface area contributed by atoms with Gasteiger partial charge in [0.05, 0.1) is 12.8 Å². The van der Waals surface area contributed by atoms with Gasteiger partial charge in [0.15, 0.2) is 0 Å². The van der Waals surface area contributed by atoms with E-state index in [2.05, 4.69) is 30.7 Å². The quantitative estimate of drug-likeness (QED) is 0.880. The van der Waals surface area contributed by atoms with Crippen molar-refractivity contribution in [2.24, 2.45) is 0 Å². The molecule has 5 nitrogen and oxygen atoms in total. The Bertz CT molecular complexity index is 684. The summed E-state index contributed by atoms with van der Waals surface area (Å²) in [6.07, 6.45) is 0. The molecule has 0 aliphatic rings. The summed E-state index contributed by atoms with van der Waals surface area (Å²) in [4.78, 5) is 17.7. The van der Waals surface area contributed by atoms with Gasteiger partial charge in [0.25, 0.3) is 0 Å². The first-order chi connectivity index (χ1) is 9.31. The molecule has 0 saturated carbocycles. The molecule has 5 heteroatoms. The molecule has 0 aliphatic carbocycles. The molecule has 20 heavy (non-hydrogen) atoms. The van der Waals surface area contributed by atoms with Gasteiger partial charge in [-0.3, -0.25) is 0 Å². The number of hydrogen-bond acceptors (Lipinski definition) is 4. The van der Waals surface area contributed by atoms with Crippen molar-refractivity contribution >= 4 is 5.82 Å². The smallest absolute Gasteiger partial charge is 0.347 e. The number of rotatable bonds is 2. The molecule has 1 aromatic carbocycles. The first-order valence-electron chi connectivity index (χ1n) is 6.37. The largest absolute Gasteiger partial charge is 0.496 e. The minimum absolute atomic E-state index is 0.0692. The fourth-order valence-corrected chi connectivity index (χ4v) is 2.09. The maximum Gasteiger partial charge on any atom is 0.347 e. The van der Waals surface area contributed by atoms with Crippen LogP contribution in [0.2, 0.25) is 0 Å². The zero-order valence-electron chi connectivity index (χ0n) is 12.2. The van der Waals surface area contributed by atoms with Crippen molar-refractivity contribution in [3.63, 3.8) is 0 Å². The summed E-state index contributed by atoms with van der Waals surface area (Å²) < 4.78 is 5.40. The van der Waals surface area contributed by atoms with Gasteiger partial charge >= 0.3 is 5.69 Å². The molecule has 0 fully saturated rings. The number of aromatic amines is 1. The molecular formula is C15H19N3O2. The molecule has 0 bridgehead atoms. The molecule has 0 radical (unpaired) electrons. The molecule has 1 aromatic heterocycles. The third kappa shape index (κ3) is 2.82. The van der Waals surface area contributed by atoms with Crippen LogP contribution in [0.1, 0.15) is 26.3 Å². The average molecular weight is 273 g/mol. The molecule has 106 valence electrons. The molecular weight excluding hydrogens is 254 g/mol. The maximum absolute atomic E-state index is 11.4. The Labute approximate surface area is 117 Å². The summed E-state index contributed by atoms with van der Waals surface area (Å²) in [5.74, 6) is 1.03. The summed E-state index contributed by atoms with van der Waals surface area (Å²) >= 11 is 0. The van der Waals surface area contributed by atoms with Crippen LogP contribution in [0.5, 0.6) is 5.75 Å². The minimum Gasteiger partial charge on any atom is -0.496 e. The highest BCUT2D eigenvalue weighted by Crippen LogP contribution is 2.34. The predicted octanol–water partition coefficient (Wildman–Crippen LogP) is 2.33. The van der Waals surface area contributed by atoms with Gasteiger partial charge < -0.3 is 15.5 Å². The molecule has 0 atom stereocenters. The molecule has 0 unspecified atom stereocenters. The lowest BCUT2D eigenvalue weighted by Gasteiger charge is -2.23. The topological polar surface area (TPSA) is 81.0 Å². The van der Waals surface area contributed by atoms with E-state index in [4.69, 9.17) is 10.5 Å². The Morgan fingerprint density at radius 1 is 1.25 bits per heavy atom. The van der Waals surface area contributed by atoms with Crippen molar-refractivity contribution in [2.45, 2.75) is 26.2 Å². The highest BCUT2D eigenvalue weighted by Gasteiger charge is 2.19. The van der Waals surface area contributed by atoms with Crippen LogP contribution >= 0.6 is 0 Å². The Morgan fingerprint density at radius 3 is 2.50 bits per heavy atom. The number of nitrogens with one attached hydrogen (secondary N) is 1. The number of methoxy groups -OCH3 is 1. The fourth-order valence-electron chi connectivity index (χ4n) is 2.09. The third-order valence-electron chi connectivity index (χ3n) is 3.08. The van der Waals surface area contributed by atoms with E-state index in [0.29, 0.717) is 5.69 Å². The van der Waals surface area contributed by atoms with Gasteiger partial charge in [-0.1, -0.05) is 20.8 Å². The second-order valence-electron chi connectivity index (χ2n) is 5.69. The summed E-state index contributed by atoms with van der Waals surface area (Å²) in [6.45, 7) is 6.33. The number of ether oxygens (including phenoxy) is 1. The van der Waals surface area contributed by atoms with Gasteiger partial charge in [0.1, 0.15) is 11.6 Å². The van der Waals surface area contributed by atoms with Crippen LogP contribution < -0.4 is 16.2 Å². The lowest BCUT2D eigenvalue weighted by Crippen LogP contribution is -2.15. The summed E-state index contributed by atoms with van der Waals surface area (Å²) in [5, 5.41) is 0. The van der Waals surface area contributed by atoms with Crippen molar-refractivity contribution in [3.05, 3.63) is 40.3 Å². The number of aromatic nitrogens is 2. The van der Waals surface area contributed by atoms with Crippen LogP contribution in [0.3, 0.4) is 0 Å². The molecule has 0 spiro atoms. The molecule has 3 N–H and O–H groups in total. The number of benzene rings is 1. The van der Waals surface area contributed by atoms with Gasteiger partial charge in [0, 0.05) is 11.6 Å². The van der Waals surface area contributed by atoms with Gasteiger partial charge in [-0.05, 0) is 29.2 Å². The molecule has 0 aliphatic heterocycles.